The number of hydrogen-bond donors (Lipinski definition) is 2. The molecule has 0 saturated carbocycles. The van der Waals surface area contributed by atoms with Gasteiger partial charge >= 0.3 is 12.1 Å². The fourth-order valence-electron chi connectivity index (χ4n) is 1.97. The van der Waals surface area contributed by atoms with Gasteiger partial charge in [0.05, 0.1) is 11.4 Å². The Bertz CT molecular complexity index is 925. The molecule has 0 spiro atoms. The van der Waals surface area contributed by atoms with Crippen LogP contribution in [0.3, 0.4) is 0 Å². The van der Waals surface area contributed by atoms with Crippen molar-refractivity contribution in [2.45, 2.75) is 13.2 Å². The van der Waals surface area contributed by atoms with Crippen LogP contribution in [0.2, 0.25) is 0 Å². The number of carbonyl (C=O) groups excluding carboxylic acids is 1. The molecule has 3 aromatic heterocycles. The lowest BCUT2D eigenvalue weighted by molar-refractivity contribution is 0.149. The molecule has 0 atom stereocenters. The zero-order chi connectivity index (χ0) is 19.1. The van der Waals surface area contributed by atoms with Crippen LogP contribution < -0.4 is 16.2 Å². The van der Waals surface area contributed by atoms with E-state index in [9.17, 15) is 4.79 Å². The van der Waals surface area contributed by atoms with Gasteiger partial charge in [-0.25, -0.2) is 24.7 Å². The highest BCUT2D eigenvalue weighted by atomic mass is 32.1. The minimum atomic E-state index is -0.882. The normalized spacial score (nSPS) is 10.2. The highest BCUT2D eigenvalue weighted by Crippen LogP contribution is 2.17. The molecule has 3 rings (SSSR count). The molecule has 0 saturated heterocycles. The molecule has 0 aromatic carbocycles. The quantitative estimate of drug-likeness (QED) is 0.474. The standard InChI is InChI=1S/C16H15N7O3S/c17-14(18)23-16(24)26-8-11-2-1-3-12(22-11)10-6-20-15(21-7-10)25-9-13-19-4-5-27-13/h1-7H,8-9H2,(H4,17,18,23,24). The highest BCUT2D eigenvalue weighted by molar-refractivity contribution is 7.09. The smallest absolute Gasteiger partial charge is 0.437 e. The fraction of sp³-hybridized carbons (Fsp3) is 0.125. The van der Waals surface area contributed by atoms with Gasteiger partial charge in [-0.3, -0.25) is 0 Å². The number of aromatic nitrogens is 4. The lowest BCUT2D eigenvalue weighted by Crippen LogP contribution is -2.24. The Kier molecular flexibility index (Phi) is 5.84. The van der Waals surface area contributed by atoms with Crippen LogP contribution in [0.5, 0.6) is 6.01 Å². The first-order chi connectivity index (χ1) is 13.1. The first-order valence-corrected chi connectivity index (χ1v) is 8.54. The van der Waals surface area contributed by atoms with Crippen LogP contribution in [0.25, 0.3) is 11.3 Å². The van der Waals surface area contributed by atoms with E-state index in [1.54, 1.807) is 36.8 Å². The molecule has 0 unspecified atom stereocenters. The Morgan fingerprint density at radius 3 is 2.67 bits per heavy atom. The third-order valence-electron chi connectivity index (χ3n) is 3.10. The van der Waals surface area contributed by atoms with Crippen LogP contribution in [0.15, 0.2) is 47.2 Å². The second-order valence-electron chi connectivity index (χ2n) is 5.07. The van der Waals surface area contributed by atoms with E-state index in [2.05, 4.69) is 24.9 Å². The monoisotopic (exact) mass is 385 g/mol. The number of amides is 1. The summed E-state index contributed by atoms with van der Waals surface area (Å²) in [5.41, 5.74) is 12.1. The minimum absolute atomic E-state index is 0.0701. The largest absolute Gasteiger partial charge is 0.456 e. The van der Waals surface area contributed by atoms with E-state index in [1.807, 2.05) is 5.38 Å². The lowest BCUT2D eigenvalue weighted by Gasteiger charge is -2.06. The van der Waals surface area contributed by atoms with Gasteiger partial charge in [0.15, 0.2) is 5.96 Å². The van der Waals surface area contributed by atoms with Crippen molar-refractivity contribution in [1.82, 2.24) is 19.9 Å². The van der Waals surface area contributed by atoms with Crippen molar-refractivity contribution < 1.29 is 14.3 Å². The summed E-state index contributed by atoms with van der Waals surface area (Å²) in [6, 6.07) is 5.52. The molecule has 3 aromatic rings. The van der Waals surface area contributed by atoms with Crippen molar-refractivity contribution in [3.63, 3.8) is 0 Å². The number of nitrogens with two attached hydrogens (primary N) is 2. The number of rotatable bonds is 6. The van der Waals surface area contributed by atoms with E-state index in [-0.39, 0.29) is 18.6 Å². The van der Waals surface area contributed by atoms with Crippen LogP contribution in [0.4, 0.5) is 4.79 Å². The molecule has 0 aliphatic carbocycles. The SMILES string of the molecule is NC(N)=NC(=O)OCc1cccc(-c2cnc(OCc3nccs3)nc2)n1. The molecule has 138 valence electrons. The minimum Gasteiger partial charge on any atom is -0.456 e. The fourth-order valence-corrected chi connectivity index (χ4v) is 2.50. The van der Waals surface area contributed by atoms with E-state index in [1.165, 1.54) is 11.3 Å². The van der Waals surface area contributed by atoms with Crippen molar-refractivity contribution in [3.05, 3.63) is 52.9 Å². The molecule has 1 amide bonds. The second-order valence-corrected chi connectivity index (χ2v) is 6.05. The zero-order valence-electron chi connectivity index (χ0n) is 14.0. The third kappa shape index (κ3) is 5.44. The van der Waals surface area contributed by atoms with Gasteiger partial charge in [0.25, 0.3) is 0 Å². The van der Waals surface area contributed by atoms with Gasteiger partial charge in [-0.1, -0.05) is 6.07 Å². The average Bonchev–Trinajstić information content (AvgIpc) is 3.18. The summed E-state index contributed by atoms with van der Waals surface area (Å²) in [7, 11) is 0. The van der Waals surface area contributed by atoms with Crippen LogP contribution in [0.1, 0.15) is 10.7 Å². The Labute approximate surface area is 157 Å². The Morgan fingerprint density at radius 2 is 1.96 bits per heavy atom. The van der Waals surface area contributed by atoms with Gasteiger partial charge in [-0.15, -0.1) is 16.3 Å². The second kappa shape index (κ2) is 8.67. The summed E-state index contributed by atoms with van der Waals surface area (Å²) in [6.07, 6.45) is 4.02. The van der Waals surface area contributed by atoms with Crippen molar-refractivity contribution in [3.8, 4) is 17.3 Å². The number of nitrogens with zero attached hydrogens (tertiary/aromatic N) is 5. The van der Waals surface area contributed by atoms with Crippen molar-refractivity contribution >= 4 is 23.4 Å². The van der Waals surface area contributed by atoms with E-state index < -0.39 is 6.09 Å². The topological polar surface area (TPSA) is 151 Å². The van der Waals surface area contributed by atoms with Gasteiger partial charge in [0.1, 0.15) is 18.2 Å². The molecule has 4 N–H and O–H groups in total. The predicted molar refractivity (Wildman–Crippen MR) is 97.7 cm³/mol. The van der Waals surface area contributed by atoms with E-state index >= 15 is 0 Å². The third-order valence-corrected chi connectivity index (χ3v) is 3.86. The van der Waals surface area contributed by atoms with E-state index in [0.717, 1.165) is 5.01 Å². The van der Waals surface area contributed by atoms with Gasteiger partial charge < -0.3 is 20.9 Å². The molecule has 0 aliphatic heterocycles. The molecule has 0 radical (unpaired) electrons. The Balaban J connectivity index is 1.62. The van der Waals surface area contributed by atoms with E-state index in [4.69, 9.17) is 20.9 Å². The van der Waals surface area contributed by atoms with Crippen molar-refractivity contribution in [2.75, 3.05) is 0 Å². The van der Waals surface area contributed by atoms with E-state index in [0.29, 0.717) is 23.6 Å². The maximum Gasteiger partial charge on any atom is 0.437 e. The first-order valence-electron chi connectivity index (χ1n) is 7.66. The molecule has 10 nitrogen and oxygen atoms in total. The molecule has 0 fully saturated rings. The summed E-state index contributed by atoms with van der Waals surface area (Å²) in [5.74, 6) is -0.365. The summed E-state index contributed by atoms with van der Waals surface area (Å²) < 4.78 is 10.4. The first kappa shape index (κ1) is 18.2. The molecular formula is C16H15N7O3S. The molecule has 11 heteroatoms. The molecule has 0 bridgehead atoms. The number of thiazole rings is 1. The maximum atomic E-state index is 11.3. The van der Waals surface area contributed by atoms with Gasteiger partial charge in [0.2, 0.25) is 0 Å². The molecule has 3 heterocycles. The van der Waals surface area contributed by atoms with Crippen molar-refractivity contribution in [2.24, 2.45) is 16.5 Å². The average molecular weight is 385 g/mol. The zero-order valence-corrected chi connectivity index (χ0v) is 14.8. The Hall–Kier alpha value is -3.60. The summed E-state index contributed by atoms with van der Waals surface area (Å²) >= 11 is 1.49. The van der Waals surface area contributed by atoms with Gasteiger partial charge in [-0.05, 0) is 12.1 Å². The number of aliphatic imine (C=N–C) groups is 1. The van der Waals surface area contributed by atoms with Gasteiger partial charge in [-0.2, -0.15) is 0 Å². The van der Waals surface area contributed by atoms with Crippen LogP contribution in [0, 0.1) is 0 Å². The van der Waals surface area contributed by atoms with Crippen LogP contribution in [-0.2, 0) is 18.0 Å². The number of ether oxygens (including phenoxy) is 2. The summed E-state index contributed by atoms with van der Waals surface area (Å²) in [5, 5.41) is 2.71. The van der Waals surface area contributed by atoms with Crippen LogP contribution in [-0.4, -0.2) is 32.0 Å². The van der Waals surface area contributed by atoms with Gasteiger partial charge in [0, 0.05) is 29.5 Å². The lowest BCUT2D eigenvalue weighted by atomic mass is 10.2. The Morgan fingerprint density at radius 1 is 1.15 bits per heavy atom. The highest BCUT2D eigenvalue weighted by Gasteiger charge is 2.07. The number of hydrogen-bond acceptors (Lipinski definition) is 8. The van der Waals surface area contributed by atoms with Crippen LogP contribution >= 0.6 is 11.3 Å². The summed E-state index contributed by atoms with van der Waals surface area (Å²) in [6.45, 7) is 0.241. The molecule has 27 heavy (non-hydrogen) atoms. The number of carbonyl (C=O) groups is 1. The van der Waals surface area contributed by atoms with Crippen molar-refractivity contribution in [1.29, 1.82) is 0 Å². The molecular weight excluding hydrogens is 370 g/mol. The maximum absolute atomic E-state index is 11.3. The number of guanidine groups is 1. The predicted octanol–water partition coefficient (Wildman–Crippen LogP) is 1.48. The molecule has 0 aliphatic rings. The summed E-state index contributed by atoms with van der Waals surface area (Å²) in [4.78, 5) is 31.4. The number of pyridine rings is 1.